The van der Waals surface area contributed by atoms with Gasteiger partial charge in [0.1, 0.15) is 5.52 Å². The van der Waals surface area contributed by atoms with E-state index in [-0.39, 0.29) is 0 Å². The molecule has 0 fully saturated rings. The molecule has 19 heavy (non-hydrogen) atoms. The highest BCUT2D eigenvalue weighted by Gasteiger charge is 2.10. The van der Waals surface area contributed by atoms with Crippen LogP contribution in [0.15, 0.2) is 42.6 Å². The van der Waals surface area contributed by atoms with Crippen molar-refractivity contribution in [2.75, 3.05) is 0 Å². The zero-order valence-corrected chi connectivity index (χ0v) is 10.5. The molecule has 4 aromatic rings. The van der Waals surface area contributed by atoms with Crippen molar-refractivity contribution in [1.82, 2.24) is 25.0 Å². The van der Waals surface area contributed by atoms with Gasteiger partial charge in [-0.2, -0.15) is 0 Å². The predicted octanol–water partition coefficient (Wildman–Crippen LogP) is 2.70. The van der Waals surface area contributed by atoms with Crippen molar-refractivity contribution in [3.63, 3.8) is 0 Å². The third kappa shape index (κ3) is 1.57. The molecule has 0 bridgehead atoms. The van der Waals surface area contributed by atoms with E-state index in [1.54, 1.807) is 6.20 Å². The first-order valence-electron chi connectivity index (χ1n) is 5.72. The smallest absolute Gasteiger partial charge is 0.113 e. The van der Waals surface area contributed by atoms with E-state index in [2.05, 4.69) is 25.0 Å². The second-order valence-corrected chi connectivity index (χ2v) is 4.88. The summed E-state index contributed by atoms with van der Waals surface area (Å²) in [6.45, 7) is 0. The molecule has 0 amide bonds. The Morgan fingerprint density at radius 3 is 2.79 bits per heavy atom. The minimum Gasteiger partial charge on any atom is -0.138 e. The first-order chi connectivity index (χ1) is 9.43. The van der Waals surface area contributed by atoms with Gasteiger partial charge < -0.3 is 0 Å². The lowest BCUT2D eigenvalue weighted by molar-refractivity contribution is 0.895. The van der Waals surface area contributed by atoms with Gasteiger partial charge in [-0.3, -0.25) is 0 Å². The highest BCUT2D eigenvalue weighted by molar-refractivity contribution is 7.13. The molecule has 6 heteroatoms. The lowest BCUT2D eigenvalue weighted by Gasteiger charge is -2.05. The molecule has 2 aromatic heterocycles. The van der Waals surface area contributed by atoms with E-state index in [1.807, 2.05) is 36.4 Å². The van der Waals surface area contributed by atoms with Crippen LogP contribution in [0.3, 0.4) is 0 Å². The van der Waals surface area contributed by atoms with Crippen LogP contribution in [0.5, 0.6) is 0 Å². The molecule has 0 radical (unpaired) electrons. The first kappa shape index (κ1) is 10.5. The first-order valence-corrected chi connectivity index (χ1v) is 6.49. The summed E-state index contributed by atoms with van der Waals surface area (Å²) < 4.78 is 5.09. The highest BCUT2D eigenvalue weighted by Crippen LogP contribution is 2.32. The summed E-state index contributed by atoms with van der Waals surface area (Å²) in [5.41, 5.74) is 3.84. The molecule has 0 N–H and O–H groups in total. The molecule has 0 aliphatic heterocycles. The van der Waals surface area contributed by atoms with E-state index in [4.69, 9.17) is 0 Å². The Morgan fingerprint density at radius 2 is 1.79 bits per heavy atom. The van der Waals surface area contributed by atoms with Crippen LogP contribution in [0.2, 0.25) is 0 Å². The third-order valence-corrected chi connectivity index (χ3v) is 3.73. The Bertz CT molecular complexity index is 881. The number of hydrogen-bond donors (Lipinski definition) is 0. The van der Waals surface area contributed by atoms with Crippen LogP contribution in [0.4, 0.5) is 0 Å². The number of benzene rings is 2. The number of rotatable bonds is 1. The predicted molar refractivity (Wildman–Crippen MR) is 73.7 cm³/mol. The summed E-state index contributed by atoms with van der Waals surface area (Å²) in [7, 11) is 0. The second kappa shape index (κ2) is 4.03. The summed E-state index contributed by atoms with van der Waals surface area (Å²) in [6, 6.07) is 12.0. The average Bonchev–Trinajstić information content (AvgIpc) is 2.95. The fourth-order valence-electron chi connectivity index (χ4n) is 2.19. The van der Waals surface area contributed by atoms with Crippen molar-refractivity contribution in [2.24, 2.45) is 0 Å². The summed E-state index contributed by atoms with van der Waals surface area (Å²) in [6.07, 6.45) is 1.73. The summed E-state index contributed by atoms with van der Waals surface area (Å²) in [5, 5.41) is 16.8. The van der Waals surface area contributed by atoms with Gasteiger partial charge in [-0.25, -0.2) is 0 Å². The Morgan fingerprint density at radius 1 is 0.895 bits per heavy atom. The van der Waals surface area contributed by atoms with Gasteiger partial charge in [0, 0.05) is 10.9 Å². The van der Waals surface area contributed by atoms with Gasteiger partial charge >= 0.3 is 0 Å². The van der Waals surface area contributed by atoms with Crippen LogP contribution >= 0.6 is 11.5 Å². The maximum absolute atomic E-state index is 4.21. The van der Waals surface area contributed by atoms with Crippen LogP contribution in [0.25, 0.3) is 32.2 Å². The van der Waals surface area contributed by atoms with Gasteiger partial charge in [0.2, 0.25) is 0 Å². The van der Waals surface area contributed by atoms with Crippen molar-refractivity contribution in [2.45, 2.75) is 0 Å². The number of nitrogens with zero attached hydrogens (tertiary/aromatic N) is 5. The van der Waals surface area contributed by atoms with Crippen molar-refractivity contribution < 1.29 is 0 Å². The van der Waals surface area contributed by atoms with E-state index in [0.717, 1.165) is 32.2 Å². The number of hydrogen-bond acceptors (Lipinski definition) is 6. The highest BCUT2D eigenvalue weighted by atomic mass is 32.1. The minimum atomic E-state index is 0.827. The lowest BCUT2D eigenvalue weighted by atomic mass is 10.0. The maximum Gasteiger partial charge on any atom is 0.113 e. The van der Waals surface area contributed by atoms with Crippen molar-refractivity contribution in [1.29, 1.82) is 0 Å². The number of aromatic nitrogens is 5. The molecule has 4 rings (SSSR count). The third-order valence-electron chi connectivity index (χ3n) is 3.04. The molecule has 0 aliphatic carbocycles. The molecule has 2 aromatic carbocycles. The monoisotopic (exact) mass is 265 g/mol. The van der Waals surface area contributed by atoms with Crippen LogP contribution < -0.4 is 0 Å². The van der Waals surface area contributed by atoms with Crippen LogP contribution in [-0.2, 0) is 0 Å². The molecular formula is C13H7N5S. The molecule has 2 heterocycles. The van der Waals surface area contributed by atoms with E-state index in [0.29, 0.717) is 0 Å². The largest absolute Gasteiger partial charge is 0.138 e. The van der Waals surface area contributed by atoms with E-state index in [1.165, 1.54) is 11.5 Å². The molecule has 0 unspecified atom stereocenters. The molecule has 0 saturated carbocycles. The molecule has 0 spiro atoms. The quantitative estimate of drug-likeness (QED) is 0.529. The normalized spacial score (nSPS) is 11.2. The summed E-state index contributed by atoms with van der Waals surface area (Å²) in [4.78, 5) is 0. The Hall–Kier alpha value is -2.47. The minimum absolute atomic E-state index is 0.827. The van der Waals surface area contributed by atoms with Crippen LogP contribution in [0.1, 0.15) is 0 Å². The van der Waals surface area contributed by atoms with Crippen molar-refractivity contribution in [3.05, 3.63) is 42.6 Å². The average molecular weight is 265 g/mol. The molecule has 0 atom stereocenters. The van der Waals surface area contributed by atoms with Crippen LogP contribution in [-0.4, -0.2) is 25.0 Å². The molecular weight excluding hydrogens is 258 g/mol. The summed E-state index contributed by atoms with van der Waals surface area (Å²) in [5.74, 6) is 0. The Labute approximate surface area is 112 Å². The molecule has 0 saturated heterocycles. The number of fused-ring (bicyclic) bond motifs is 2. The zero-order chi connectivity index (χ0) is 12.7. The fourth-order valence-corrected chi connectivity index (χ4v) is 2.78. The van der Waals surface area contributed by atoms with Gasteiger partial charge in [-0.05, 0) is 34.4 Å². The van der Waals surface area contributed by atoms with Gasteiger partial charge in [0.15, 0.2) is 0 Å². The standard InChI is InChI=1S/C13H7N5S/c1-3-8(10-7-14-17-15-11(10)5-1)9-4-2-6-12-13(9)16-18-19-12/h1-7H. The van der Waals surface area contributed by atoms with E-state index in [9.17, 15) is 0 Å². The fraction of sp³-hybridized carbons (Fsp3) is 0. The van der Waals surface area contributed by atoms with Gasteiger partial charge in [-0.1, -0.05) is 28.8 Å². The van der Waals surface area contributed by atoms with Crippen LogP contribution in [0, 0.1) is 0 Å². The second-order valence-electron chi connectivity index (χ2n) is 4.10. The van der Waals surface area contributed by atoms with Gasteiger partial charge in [0.25, 0.3) is 0 Å². The SMILES string of the molecule is c1cc(-c2cccc3snnc23)c2cnnnc2c1. The zero-order valence-electron chi connectivity index (χ0n) is 9.69. The summed E-state index contributed by atoms with van der Waals surface area (Å²) >= 11 is 1.40. The van der Waals surface area contributed by atoms with Gasteiger partial charge in [0.05, 0.1) is 16.4 Å². The maximum atomic E-state index is 4.21. The topological polar surface area (TPSA) is 64.5 Å². The Balaban J connectivity index is 2.12. The van der Waals surface area contributed by atoms with Crippen molar-refractivity contribution >= 4 is 32.7 Å². The van der Waals surface area contributed by atoms with E-state index < -0.39 is 0 Å². The van der Waals surface area contributed by atoms with Gasteiger partial charge in [-0.15, -0.1) is 15.3 Å². The molecule has 90 valence electrons. The Kier molecular flexibility index (Phi) is 2.22. The lowest BCUT2D eigenvalue weighted by Crippen LogP contribution is -1.90. The molecule has 0 aliphatic rings. The van der Waals surface area contributed by atoms with Crippen molar-refractivity contribution in [3.8, 4) is 11.1 Å². The molecule has 5 nitrogen and oxygen atoms in total. The van der Waals surface area contributed by atoms with E-state index >= 15 is 0 Å².